The summed E-state index contributed by atoms with van der Waals surface area (Å²) in [4.78, 5) is 6.45. The Morgan fingerprint density at radius 2 is 1.67 bits per heavy atom. The normalized spacial score (nSPS) is 12.1. The number of aromatic nitrogens is 5. The van der Waals surface area contributed by atoms with Gasteiger partial charge in [-0.15, -0.1) is 0 Å². The maximum Gasteiger partial charge on any atom is 0.366 e. The second-order valence-corrected chi connectivity index (χ2v) is 11.7. The van der Waals surface area contributed by atoms with Gasteiger partial charge in [0.15, 0.2) is 23.0 Å². The van der Waals surface area contributed by atoms with Gasteiger partial charge in [-0.05, 0) is 56.4 Å². The Balaban J connectivity index is 0.000000342. The number of tetrazole rings is 1. The van der Waals surface area contributed by atoms with Crippen LogP contribution >= 0.6 is 22.9 Å². The molecule has 5 aromatic rings. The van der Waals surface area contributed by atoms with E-state index in [4.69, 9.17) is 35.3 Å². The van der Waals surface area contributed by atoms with E-state index in [-0.39, 0.29) is 27.0 Å². The third-order valence-electron chi connectivity index (χ3n) is 6.08. The molecule has 0 fully saturated rings. The molecular weight excluding hydrogens is 660 g/mol. The van der Waals surface area contributed by atoms with Crippen LogP contribution in [-0.2, 0) is 10.1 Å². The lowest BCUT2D eigenvalue weighted by molar-refractivity contribution is -0.734. The number of halogens is 3. The predicted octanol–water partition coefficient (Wildman–Crippen LogP) is 4.60. The Labute approximate surface area is 263 Å². The highest BCUT2D eigenvalue weighted by Crippen LogP contribution is 2.40. The molecule has 0 amide bonds. The molecule has 0 saturated heterocycles. The maximum atomic E-state index is 13.4. The molecule has 0 saturated carbocycles. The summed E-state index contributed by atoms with van der Waals surface area (Å²) in [6, 6.07) is 15.7. The Morgan fingerprint density at radius 3 is 2.22 bits per heavy atom. The van der Waals surface area contributed by atoms with Gasteiger partial charge in [0, 0.05) is 22.8 Å². The number of benzene rings is 3. The van der Waals surface area contributed by atoms with Crippen molar-refractivity contribution in [1.29, 1.82) is 0 Å². The van der Waals surface area contributed by atoms with Crippen LogP contribution in [0.15, 0.2) is 65.6 Å². The number of methoxy groups -OCH3 is 3. The third-order valence-corrected chi connectivity index (χ3v) is 8.18. The average Bonchev–Trinajstić information content (AvgIpc) is 3.78. The second-order valence-electron chi connectivity index (χ2n) is 8.78. The number of nitrogens with zero attached hydrogens (tertiary/aromatic N) is 5. The zero-order valence-electron chi connectivity index (χ0n) is 23.5. The van der Waals surface area contributed by atoms with Crippen molar-refractivity contribution in [1.82, 2.24) is 20.0 Å². The zero-order valence-corrected chi connectivity index (χ0v) is 25.9. The van der Waals surface area contributed by atoms with E-state index < -0.39 is 22.2 Å². The smallest absolute Gasteiger partial charge is 0.366 e. The number of hydrogen-bond donors (Lipinski definition) is 0. The van der Waals surface area contributed by atoms with E-state index in [1.807, 2.05) is 0 Å². The van der Waals surface area contributed by atoms with Gasteiger partial charge in [-0.1, -0.05) is 34.8 Å². The molecular formula is C27H22ClF2N5O8S2. The maximum absolute atomic E-state index is 13.4. The van der Waals surface area contributed by atoms with Gasteiger partial charge in [0.2, 0.25) is 18.2 Å². The molecule has 0 aliphatic carbocycles. The molecule has 1 aliphatic rings. The van der Waals surface area contributed by atoms with Gasteiger partial charge in [0.1, 0.15) is 20.1 Å². The first-order valence-corrected chi connectivity index (χ1v) is 15.2. The van der Waals surface area contributed by atoms with Crippen molar-refractivity contribution in [3.63, 3.8) is 0 Å². The van der Waals surface area contributed by atoms with Gasteiger partial charge >= 0.3 is 5.13 Å². The van der Waals surface area contributed by atoms with E-state index in [9.17, 15) is 21.8 Å². The van der Waals surface area contributed by atoms with Crippen LogP contribution in [0.5, 0.6) is 28.7 Å². The molecule has 6 rings (SSSR count). The number of ether oxygens (including phenoxy) is 5. The molecule has 0 spiro atoms. The van der Waals surface area contributed by atoms with Crippen molar-refractivity contribution in [2.45, 2.75) is 11.3 Å². The minimum Gasteiger partial charge on any atom is -0.744 e. The summed E-state index contributed by atoms with van der Waals surface area (Å²) in [5.74, 6) is 2.49. The summed E-state index contributed by atoms with van der Waals surface area (Å²) < 4.78 is 84.6. The molecule has 3 heterocycles. The monoisotopic (exact) mass is 681 g/mol. The number of alkyl halides is 2. The third kappa shape index (κ3) is 6.75. The highest BCUT2D eigenvalue weighted by Gasteiger charge is 2.31. The second kappa shape index (κ2) is 13.2. The fraction of sp³-hybridized carbons (Fsp3) is 0.185. The van der Waals surface area contributed by atoms with Crippen LogP contribution in [-0.4, -0.2) is 61.1 Å². The predicted molar refractivity (Wildman–Crippen MR) is 154 cm³/mol. The highest BCUT2D eigenvalue weighted by molar-refractivity contribution is 7.85. The van der Waals surface area contributed by atoms with Gasteiger partial charge in [0.25, 0.3) is 12.2 Å². The van der Waals surface area contributed by atoms with Crippen LogP contribution in [0.4, 0.5) is 8.78 Å². The van der Waals surface area contributed by atoms with E-state index in [0.29, 0.717) is 40.0 Å². The molecule has 0 unspecified atom stereocenters. The first-order valence-electron chi connectivity index (χ1n) is 12.6. The van der Waals surface area contributed by atoms with Gasteiger partial charge in [-0.2, -0.15) is 0 Å². The lowest BCUT2D eigenvalue weighted by Gasteiger charge is -2.13. The molecule has 18 heteroatoms. The van der Waals surface area contributed by atoms with E-state index >= 15 is 0 Å². The van der Waals surface area contributed by atoms with Crippen LogP contribution in [0.25, 0.3) is 22.2 Å². The van der Waals surface area contributed by atoms with Gasteiger partial charge in [0.05, 0.1) is 26.2 Å². The number of thiazole rings is 1. The first kappa shape index (κ1) is 31.8. The lowest BCUT2D eigenvalue weighted by atomic mass is 10.2. The van der Waals surface area contributed by atoms with Crippen molar-refractivity contribution in [2.75, 3.05) is 28.1 Å². The quantitative estimate of drug-likeness (QED) is 0.167. The minimum absolute atomic E-state index is 0.0820. The van der Waals surface area contributed by atoms with Crippen molar-refractivity contribution >= 4 is 33.1 Å². The number of fused-ring (bicyclic) bond motifs is 1. The van der Waals surface area contributed by atoms with E-state index in [1.54, 1.807) is 36.4 Å². The van der Waals surface area contributed by atoms with Crippen LogP contribution in [0.1, 0.15) is 12.1 Å². The van der Waals surface area contributed by atoms with Crippen molar-refractivity contribution < 1.29 is 50.2 Å². The molecule has 0 bridgehead atoms. The topological polar surface area (TPSA) is 151 Å². The summed E-state index contributed by atoms with van der Waals surface area (Å²) in [5.41, 5.74) is 0.498. The van der Waals surface area contributed by atoms with Gasteiger partial charge in [-0.25, -0.2) is 17.2 Å². The van der Waals surface area contributed by atoms with Gasteiger partial charge in [-0.3, -0.25) is 0 Å². The molecule has 1 aliphatic heterocycles. The first-order chi connectivity index (χ1) is 21.5. The molecule has 0 atom stereocenters. The molecule has 13 nitrogen and oxygen atoms in total. The van der Waals surface area contributed by atoms with Crippen LogP contribution in [0.3, 0.4) is 0 Å². The van der Waals surface area contributed by atoms with E-state index in [1.165, 1.54) is 55.2 Å². The number of rotatable bonds is 8. The standard InChI is InChI=1S/C21H17ClF2N5O5S.C6H6O3S/c1-30-14-7-11(8-15(31-2)17(14)32-3)28-26-20(10-4-5-12-13(6-10)34-9-33-12)27-29(28)21-25-16(19(23)24)18(22)35-21;7-10(8,9)6-4-2-1-3-5-6/h4-8,19H,9H2,1-3H3;1-5H,(H,7,8,9)/q+1;/p-1. The average molecular weight is 682 g/mol. The summed E-state index contributed by atoms with van der Waals surface area (Å²) in [7, 11) is 0.183. The largest absolute Gasteiger partial charge is 0.744 e. The van der Waals surface area contributed by atoms with Gasteiger partial charge < -0.3 is 28.2 Å². The fourth-order valence-electron chi connectivity index (χ4n) is 4.02. The van der Waals surface area contributed by atoms with Crippen LogP contribution < -0.4 is 28.5 Å². The van der Waals surface area contributed by atoms with Crippen LogP contribution in [0, 0.1) is 0 Å². The van der Waals surface area contributed by atoms with E-state index in [0.717, 1.165) is 11.3 Å². The summed E-state index contributed by atoms with van der Waals surface area (Å²) in [6.07, 6.45) is -2.85. The summed E-state index contributed by atoms with van der Waals surface area (Å²) in [6.45, 7) is 0.111. The fourth-order valence-corrected chi connectivity index (χ4v) is 5.58. The Morgan fingerprint density at radius 1 is 1.00 bits per heavy atom. The minimum atomic E-state index is -4.25. The summed E-state index contributed by atoms with van der Waals surface area (Å²) >= 11 is 6.87. The Bertz CT molecular complexity index is 1920. The Hall–Kier alpha value is -4.58. The molecule has 236 valence electrons. The van der Waals surface area contributed by atoms with Crippen LogP contribution in [0.2, 0.25) is 4.34 Å². The van der Waals surface area contributed by atoms with Crippen molar-refractivity contribution in [3.8, 4) is 51.0 Å². The zero-order chi connectivity index (χ0) is 32.3. The highest BCUT2D eigenvalue weighted by atomic mass is 35.5. The van der Waals surface area contributed by atoms with E-state index in [2.05, 4.69) is 15.2 Å². The number of hydrogen-bond acceptors (Lipinski definition) is 12. The lowest BCUT2D eigenvalue weighted by Crippen LogP contribution is -2.43. The van der Waals surface area contributed by atoms with Crippen molar-refractivity contribution in [3.05, 3.63) is 70.7 Å². The van der Waals surface area contributed by atoms with Crippen molar-refractivity contribution in [2.24, 2.45) is 0 Å². The molecule has 2 aromatic heterocycles. The Kier molecular flexibility index (Phi) is 9.33. The molecule has 0 N–H and O–H groups in total. The summed E-state index contributed by atoms with van der Waals surface area (Å²) in [5, 5.41) is 9.20. The molecule has 3 aromatic carbocycles. The SMILES string of the molecule is COc1cc(-n2nc(-c3ccc4c(c3)OCO4)n[n+]2-c2nc(C(F)F)c(Cl)s2)cc(OC)c1OC.O=S(=O)([O-])c1ccccc1. The molecule has 45 heavy (non-hydrogen) atoms. The molecule has 0 radical (unpaired) electrons.